The van der Waals surface area contributed by atoms with Gasteiger partial charge in [0.25, 0.3) is 0 Å². The molecule has 0 aliphatic heterocycles. The molecule has 12 nitrogen and oxygen atoms in total. The first-order chi connectivity index (χ1) is 22.2. The molecular weight excluding hydrogens is 673 g/mol. The zero-order valence-corrected chi connectivity index (χ0v) is 26.2. The minimum Gasteiger partial charge on any atom is -0.508 e. The molecule has 47 heavy (non-hydrogen) atoms. The van der Waals surface area contributed by atoms with Crippen molar-refractivity contribution in [2.75, 3.05) is 0 Å². The van der Waals surface area contributed by atoms with Gasteiger partial charge in [0.2, 0.25) is 0 Å². The fourth-order valence-electron chi connectivity index (χ4n) is 4.69. The van der Waals surface area contributed by atoms with Crippen LogP contribution < -0.4 is 12.5 Å². The minimum absolute atomic E-state index is 0.0179. The second-order valence-electron chi connectivity index (χ2n) is 10.0. The normalized spacial score (nSPS) is 12.2. The molecule has 0 aromatic heterocycles. The summed E-state index contributed by atoms with van der Waals surface area (Å²) >= 11 is 0. The quantitative estimate of drug-likeness (QED) is 0.129. The third-order valence-electron chi connectivity index (χ3n) is 6.81. The van der Waals surface area contributed by atoms with Crippen molar-refractivity contribution in [1.82, 2.24) is 0 Å². The molecule has 0 unspecified atom stereocenters. The Morgan fingerprint density at radius 3 is 1.38 bits per heavy atom. The Bertz CT molecular complexity index is 2530. The number of hydrogen-bond acceptors (Lipinski definition) is 12. The average molecular weight is 695 g/mol. The monoisotopic (exact) mass is 694 g/mol. The van der Waals surface area contributed by atoms with Crippen molar-refractivity contribution in [2.45, 2.75) is 14.7 Å². The van der Waals surface area contributed by atoms with Crippen LogP contribution in [0.4, 0.5) is 0 Å². The molecule has 0 amide bonds. The third kappa shape index (κ3) is 6.31. The highest BCUT2D eigenvalue weighted by Crippen LogP contribution is 2.46. The molecule has 0 saturated heterocycles. The molecule has 0 bridgehead atoms. The molecule has 0 atom stereocenters. The minimum atomic E-state index is -4.79. The molecule has 6 rings (SSSR count). The SMILES string of the molecule is O=S(=O)(Oc1ccc2c(OS(=O)(=O)c3cccc(O)c3)c3ccccc3cc2c1OS(=O)(=O)c1cccc(O)c1)c1cccc(O)c1. The lowest BCUT2D eigenvalue weighted by Crippen LogP contribution is -2.14. The highest BCUT2D eigenvalue weighted by molar-refractivity contribution is 7.87. The summed E-state index contributed by atoms with van der Waals surface area (Å²) in [6, 6.07) is 24.0. The van der Waals surface area contributed by atoms with Gasteiger partial charge in [0.15, 0.2) is 17.2 Å². The maximum Gasteiger partial charge on any atom is 0.339 e. The summed E-state index contributed by atoms with van der Waals surface area (Å²) in [4.78, 5) is -1.32. The van der Waals surface area contributed by atoms with Gasteiger partial charge in [-0.1, -0.05) is 42.5 Å². The van der Waals surface area contributed by atoms with Gasteiger partial charge in [0.05, 0.1) is 0 Å². The lowest BCUT2D eigenvalue weighted by atomic mass is 10.0. The van der Waals surface area contributed by atoms with E-state index >= 15 is 0 Å². The summed E-state index contributed by atoms with van der Waals surface area (Å²) in [5.74, 6) is -2.63. The Kier molecular flexibility index (Phi) is 7.83. The first-order valence-electron chi connectivity index (χ1n) is 13.4. The predicted molar refractivity (Wildman–Crippen MR) is 169 cm³/mol. The number of rotatable bonds is 9. The zero-order chi connectivity index (χ0) is 33.6. The van der Waals surface area contributed by atoms with E-state index < -0.39 is 57.4 Å². The molecule has 6 aromatic rings. The van der Waals surface area contributed by atoms with E-state index in [0.717, 1.165) is 36.4 Å². The van der Waals surface area contributed by atoms with Crippen molar-refractivity contribution in [3.63, 3.8) is 0 Å². The van der Waals surface area contributed by atoms with Crippen molar-refractivity contribution < 1.29 is 53.1 Å². The number of hydrogen-bond donors (Lipinski definition) is 3. The van der Waals surface area contributed by atoms with Crippen molar-refractivity contribution in [3.8, 4) is 34.5 Å². The Hall–Kier alpha value is -5.51. The number of benzene rings is 6. The van der Waals surface area contributed by atoms with Crippen LogP contribution in [0.3, 0.4) is 0 Å². The second-order valence-corrected chi connectivity index (χ2v) is 14.7. The molecule has 6 aromatic carbocycles. The summed E-state index contributed by atoms with van der Waals surface area (Å²) in [6.07, 6.45) is 0. The molecule has 0 heterocycles. The van der Waals surface area contributed by atoms with Crippen LogP contribution in [0.15, 0.2) is 130 Å². The first kappa shape index (κ1) is 31.5. The molecule has 240 valence electrons. The number of phenols is 3. The van der Waals surface area contributed by atoms with Crippen LogP contribution in [0, 0.1) is 0 Å². The van der Waals surface area contributed by atoms with Gasteiger partial charge in [-0.05, 0) is 60.0 Å². The fourth-order valence-corrected chi connectivity index (χ4v) is 7.67. The third-order valence-corrected chi connectivity index (χ3v) is 10.5. The van der Waals surface area contributed by atoms with E-state index in [2.05, 4.69) is 0 Å². The molecule has 0 aliphatic rings. The van der Waals surface area contributed by atoms with Gasteiger partial charge in [-0.25, -0.2) is 0 Å². The van der Waals surface area contributed by atoms with Gasteiger partial charge in [-0.15, -0.1) is 0 Å². The molecule has 15 heteroatoms. The van der Waals surface area contributed by atoms with E-state index in [4.69, 9.17) is 12.5 Å². The first-order valence-corrected chi connectivity index (χ1v) is 17.6. The number of phenolic OH excluding ortho intramolecular Hbond substituents is 3. The highest BCUT2D eigenvalue weighted by atomic mass is 32.2. The van der Waals surface area contributed by atoms with Crippen molar-refractivity contribution >= 4 is 51.9 Å². The summed E-state index contributed by atoms with van der Waals surface area (Å²) in [7, 11) is -14.1. The van der Waals surface area contributed by atoms with E-state index in [1.54, 1.807) is 24.3 Å². The van der Waals surface area contributed by atoms with Gasteiger partial charge >= 0.3 is 30.4 Å². The lowest BCUT2D eigenvalue weighted by molar-refractivity contribution is 0.448. The lowest BCUT2D eigenvalue weighted by Gasteiger charge is -2.18. The Morgan fingerprint density at radius 2 is 0.872 bits per heavy atom. The van der Waals surface area contributed by atoms with Gasteiger partial charge in [-0.2, -0.15) is 25.3 Å². The van der Waals surface area contributed by atoms with Crippen molar-refractivity contribution in [2.24, 2.45) is 0 Å². The summed E-state index contributed by atoms with van der Waals surface area (Å²) < 4.78 is 96.8. The van der Waals surface area contributed by atoms with Gasteiger partial charge < -0.3 is 27.9 Å². The summed E-state index contributed by atoms with van der Waals surface area (Å²) in [6.45, 7) is 0. The van der Waals surface area contributed by atoms with E-state index in [1.807, 2.05) is 0 Å². The van der Waals surface area contributed by atoms with E-state index in [0.29, 0.717) is 5.39 Å². The van der Waals surface area contributed by atoms with Gasteiger partial charge in [0, 0.05) is 34.4 Å². The van der Waals surface area contributed by atoms with Crippen LogP contribution in [0.5, 0.6) is 34.5 Å². The standard InChI is InChI=1S/C32H22O12S3/c33-21-7-3-10-24(17-21)45(36,37)42-30-15-14-28-29(32(30)44-47(40,41)26-12-5-9-23(35)19-26)16-20-6-1-2-13-27(20)31(28)43-46(38,39)25-11-4-8-22(34)18-25/h1-19,33-35H. The Morgan fingerprint density at radius 1 is 0.404 bits per heavy atom. The van der Waals surface area contributed by atoms with Crippen molar-refractivity contribution in [1.29, 1.82) is 0 Å². The average Bonchev–Trinajstić information content (AvgIpc) is 3.02. The Balaban J connectivity index is 1.61. The molecule has 3 N–H and O–H groups in total. The summed E-state index contributed by atoms with van der Waals surface area (Å²) in [5.41, 5.74) is 0. The molecule has 0 spiro atoms. The second kappa shape index (κ2) is 11.7. The maximum atomic E-state index is 13.5. The Labute approximate surface area is 268 Å². The predicted octanol–water partition coefficient (Wildman–Crippen LogP) is 5.41. The largest absolute Gasteiger partial charge is 0.508 e. The zero-order valence-electron chi connectivity index (χ0n) is 23.7. The van der Waals surface area contributed by atoms with Crippen molar-refractivity contribution in [3.05, 3.63) is 115 Å². The van der Waals surface area contributed by atoms with Crippen LogP contribution in [-0.2, 0) is 30.4 Å². The van der Waals surface area contributed by atoms with E-state index in [-0.39, 0.29) is 38.3 Å². The number of fused-ring (bicyclic) bond motifs is 2. The molecule has 0 radical (unpaired) electrons. The van der Waals surface area contributed by atoms with Crippen LogP contribution in [0.2, 0.25) is 0 Å². The molecule has 0 aliphatic carbocycles. The van der Waals surface area contributed by atoms with Gasteiger partial charge in [-0.3, -0.25) is 0 Å². The topological polar surface area (TPSA) is 191 Å². The highest BCUT2D eigenvalue weighted by Gasteiger charge is 2.29. The molecule has 0 fully saturated rings. The van der Waals surface area contributed by atoms with Crippen LogP contribution in [0.1, 0.15) is 0 Å². The van der Waals surface area contributed by atoms with E-state index in [1.165, 1.54) is 54.6 Å². The molecule has 0 saturated carbocycles. The maximum absolute atomic E-state index is 13.5. The van der Waals surface area contributed by atoms with E-state index in [9.17, 15) is 40.6 Å². The van der Waals surface area contributed by atoms with Gasteiger partial charge in [0.1, 0.15) is 31.9 Å². The van der Waals surface area contributed by atoms with Crippen LogP contribution >= 0.6 is 0 Å². The summed E-state index contributed by atoms with van der Waals surface area (Å²) in [5, 5.41) is 30.1. The number of aromatic hydroxyl groups is 3. The smallest absolute Gasteiger partial charge is 0.339 e. The van der Waals surface area contributed by atoms with Crippen LogP contribution in [-0.4, -0.2) is 40.6 Å². The molecular formula is C32H22O12S3. The van der Waals surface area contributed by atoms with Crippen LogP contribution in [0.25, 0.3) is 21.5 Å². The fraction of sp³-hybridized carbons (Fsp3) is 0.